The minimum atomic E-state index is -0.609. The molecule has 0 bridgehead atoms. The van der Waals surface area contributed by atoms with E-state index in [0.717, 1.165) is 31.5 Å². The summed E-state index contributed by atoms with van der Waals surface area (Å²) < 4.78 is 0. The van der Waals surface area contributed by atoms with Crippen molar-refractivity contribution in [1.29, 1.82) is 0 Å². The van der Waals surface area contributed by atoms with Crippen LogP contribution in [-0.4, -0.2) is 40.9 Å². The molecule has 3 rings (SSSR count). The first kappa shape index (κ1) is 17.9. The smallest absolute Gasteiger partial charge is 0.245 e. The molecule has 25 heavy (non-hydrogen) atoms. The van der Waals surface area contributed by atoms with E-state index in [1.165, 1.54) is 5.56 Å². The number of piperidine rings is 1. The molecule has 136 valence electrons. The van der Waals surface area contributed by atoms with Gasteiger partial charge in [0.05, 0.1) is 12.1 Å². The lowest BCUT2D eigenvalue weighted by atomic mass is 9.97. The summed E-state index contributed by atoms with van der Waals surface area (Å²) in [5.41, 5.74) is 7.70. The van der Waals surface area contributed by atoms with E-state index in [2.05, 4.69) is 28.7 Å². The number of hydrogen-bond acceptors (Lipinski definition) is 5. The molecule has 4 atom stereocenters. The molecular formula is C18H26N4O2S. The minimum Gasteiger partial charge on any atom is -0.383 e. The molecule has 2 aliphatic rings. The maximum absolute atomic E-state index is 12.9. The predicted molar refractivity (Wildman–Crippen MR) is 98.8 cm³/mol. The molecule has 7 heteroatoms. The fourth-order valence-electron chi connectivity index (χ4n) is 3.67. The molecule has 3 heterocycles. The normalized spacial score (nSPS) is 26.9. The van der Waals surface area contributed by atoms with Crippen molar-refractivity contribution in [2.75, 3.05) is 0 Å². The molecule has 0 unspecified atom stereocenters. The quantitative estimate of drug-likeness (QED) is 0.713. The van der Waals surface area contributed by atoms with Crippen LogP contribution in [0.5, 0.6) is 0 Å². The van der Waals surface area contributed by atoms with Crippen molar-refractivity contribution in [2.24, 2.45) is 5.73 Å². The highest BCUT2D eigenvalue weighted by molar-refractivity contribution is 7.07. The van der Waals surface area contributed by atoms with Gasteiger partial charge in [0.1, 0.15) is 6.04 Å². The first-order valence-electron chi connectivity index (χ1n) is 8.79. The summed E-state index contributed by atoms with van der Waals surface area (Å²) in [6.45, 7) is 6.51. The molecule has 0 saturated carbocycles. The van der Waals surface area contributed by atoms with Gasteiger partial charge in [-0.05, 0) is 55.0 Å². The van der Waals surface area contributed by atoms with E-state index >= 15 is 0 Å². The lowest BCUT2D eigenvalue weighted by molar-refractivity contribution is -0.141. The first-order chi connectivity index (χ1) is 12.0. The van der Waals surface area contributed by atoms with Crippen LogP contribution in [0.3, 0.4) is 0 Å². The van der Waals surface area contributed by atoms with Gasteiger partial charge in [-0.2, -0.15) is 11.3 Å². The number of amides is 2. The summed E-state index contributed by atoms with van der Waals surface area (Å²) in [7, 11) is 0. The standard InChI is InChI=1S/C18H26N4O2S/c1-11(19)17(23)21-15-5-3-14-4-6-16(22(14)18(15)24)12(2)20-9-13-7-8-25-10-13/h7-8,10-11,14-16,20H,2-6,9,19H2,1H3,(H,21,23)/t11-,14-,15-,16-/m0/s1. The van der Waals surface area contributed by atoms with Gasteiger partial charge in [0, 0.05) is 18.3 Å². The summed E-state index contributed by atoms with van der Waals surface area (Å²) in [5, 5.41) is 10.3. The number of carbonyl (C=O) groups excluding carboxylic acids is 2. The van der Waals surface area contributed by atoms with Gasteiger partial charge < -0.3 is 21.3 Å². The highest BCUT2D eigenvalue weighted by atomic mass is 32.1. The molecule has 0 spiro atoms. The fraction of sp³-hybridized carbons (Fsp3) is 0.556. The molecule has 2 saturated heterocycles. The van der Waals surface area contributed by atoms with E-state index in [9.17, 15) is 9.59 Å². The van der Waals surface area contributed by atoms with E-state index < -0.39 is 12.1 Å². The first-order valence-corrected chi connectivity index (χ1v) is 9.73. The number of rotatable bonds is 6. The van der Waals surface area contributed by atoms with Crippen molar-refractivity contribution in [3.8, 4) is 0 Å². The van der Waals surface area contributed by atoms with E-state index in [1.54, 1.807) is 18.3 Å². The van der Waals surface area contributed by atoms with E-state index in [-0.39, 0.29) is 23.9 Å². The Morgan fingerprint density at radius 3 is 2.88 bits per heavy atom. The van der Waals surface area contributed by atoms with Crippen LogP contribution in [0.25, 0.3) is 0 Å². The number of nitrogens with two attached hydrogens (primary N) is 1. The summed E-state index contributed by atoms with van der Waals surface area (Å²) in [4.78, 5) is 26.7. The monoisotopic (exact) mass is 362 g/mol. The molecule has 6 nitrogen and oxygen atoms in total. The second kappa shape index (κ2) is 7.58. The van der Waals surface area contributed by atoms with Crippen molar-refractivity contribution in [2.45, 2.75) is 63.3 Å². The second-order valence-corrected chi connectivity index (χ2v) is 7.71. The number of hydrogen-bond donors (Lipinski definition) is 3. The lowest BCUT2D eigenvalue weighted by Crippen LogP contribution is -2.58. The maximum atomic E-state index is 12.9. The summed E-state index contributed by atoms with van der Waals surface area (Å²) in [6.07, 6.45) is 3.49. The zero-order valence-corrected chi connectivity index (χ0v) is 15.3. The third-order valence-corrected chi connectivity index (χ3v) is 5.81. The van der Waals surface area contributed by atoms with E-state index in [0.29, 0.717) is 6.42 Å². The van der Waals surface area contributed by atoms with E-state index in [1.807, 2.05) is 10.3 Å². The Morgan fingerprint density at radius 1 is 1.44 bits per heavy atom. The predicted octanol–water partition coefficient (Wildman–Crippen LogP) is 1.34. The van der Waals surface area contributed by atoms with Crippen LogP contribution in [-0.2, 0) is 16.1 Å². The van der Waals surface area contributed by atoms with Gasteiger partial charge in [0.15, 0.2) is 0 Å². The lowest BCUT2D eigenvalue weighted by Gasteiger charge is -2.39. The average Bonchev–Trinajstić information content (AvgIpc) is 3.24. The van der Waals surface area contributed by atoms with Gasteiger partial charge in [-0.15, -0.1) is 0 Å². The molecular weight excluding hydrogens is 336 g/mol. The Balaban J connectivity index is 1.63. The average molecular weight is 362 g/mol. The highest BCUT2D eigenvalue weighted by Crippen LogP contribution is 2.34. The van der Waals surface area contributed by atoms with Gasteiger partial charge in [-0.1, -0.05) is 6.58 Å². The van der Waals surface area contributed by atoms with E-state index in [4.69, 9.17) is 5.73 Å². The van der Waals surface area contributed by atoms with Gasteiger partial charge in [-0.3, -0.25) is 9.59 Å². The Bertz CT molecular complexity index is 644. The third-order valence-electron chi connectivity index (χ3n) is 5.08. The Hall–Kier alpha value is -1.86. The number of thiophene rings is 1. The Kier molecular flexibility index (Phi) is 5.44. The summed E-state index contributed by atoms with van der Waals surface area (Å²) in [5.74, 6) is -0.284. The van der Waals surface area contributed by atoms with Crippen molar-refractivity contribution < 1.29 is 9.59 Å². The van der Waals surface area contributed by atoms with Gasteiger partial charge in [0.2, 0.25) is 11.8 Å². The van der Waals surface area contributed by atoms with Gasteiger partial charge >= 0.3 is 0 Å². The molecule has 0 aliphatic carbocycles. The van der Waals surface area contributed by atoms with Crippen molar-refractivity contribution in [3.63, 3.8) is 0 Å². The molecule has 2 amide bonds. The van der Waals surface area contributed by atoms with Gasteiger partial charge in [-0.25, -0.2) is 0 Å². The second-order valence-electron chi connectivity index (χ2n) is 6.93. The van der Waals surface area contributed by atoms with Crippen LogP contribution in [0.1, 0.15) is 38.2 Å². The zero-order valence-electron chi connectivity index (χ0n) is 14.5. The van der Waals surface area contributed by atoms with Crippen molar-refractivity contribution >= 4 is 23.2 Å². The molecule has 0 aromatic carbocycles. The van der Waals surface area contributed by atoms with Crippen LogP contribution >= 0.6 is 11.3 Å². The number of nitrogens with zero attached hydrogens (tertiary/aromatic N) is 1. The van der Waals surface area contributed by atoms with Crippen molar-refractivity contribution in [1.82, 2.24) is 15.5 Å². The molecule has 0 radical (unpaired) electrons. The minimum absolute atomic E-state index is 0.00812. The van der Waals surface area contributed by atoms with Crippen molar-refractivity contribution in [3.05, 3.63) is 34.7 Å². The van der Waals surface area contributed by atoms with Crippen LogP contribution in [0.15, 0.2) is 29.1 Å². The van der Waals surface area contributed by atoms with Gasteiger partial charge in [0.25, 0.3) is 0 Å². The van der Waals surface area contributed by atoms with Crippen LogP contribution in [0.4, 0.5) is 0 Å². The van der Waals surface area contributed by atoms with Crippen LogP contribution < -0.4 is 16.4 Å². The van der Waals surface area contributed by atoms with Crippen LogP contribution in [0.2, 0.25) is 0 Å². The number of fused-ring (bicyclic) bond motifs is 1. The molecule has 1 aromatic rings. The molecule has 2 aliphatic heterocycles. The zero-order chi connectivity index (χ0) is 18.0. The summed E-state index contributed by atoms with van der Waals surface area (Å²) >= 11 is 1.67. The SMILES string of the molecule is C=C(NCc1ccsc1)[C@@H]1CC[C@@H]2CC[C@H](NC(=O)[C@H](C)N)C(=O)N21. The Morgan fingerprint density at radius 2 is 2.20 bits per heavy atom. The van der Waals surface area contributed by atoms with Crippen LogP contribution in [0, 0.1) is 0 Å². The summed E-state index contributed by atoms with van der Waals surface area (Å²) in [6, 6.07) is 1.24. The number of nitrogens with one attached hydrogen (secondary N) is 2. The third kappa shape index (κ3) is 3.88. The molecule has 4 N–H and O–H groups in total. The topological polar surface area (TPSA) is 87.5 Å². The number of carbonyl (C=O) groups is 2. The highest BCUT2D eigenvalue weighted by Gasteiger charge is 2.44. The molecule has 2 fully saturated rings. The molecule has 1 aromatic heterocycles. The maximum Gasteiger partial charge on any atom is 0.245 e. The fourth-order valence-corrected chi connectivity index (χ4v) is 4.34. The Labute approximate surface area is 152 Å². The largest absolute Gasteiger partial charge is 0.383 e.